The molecule has 0 amide bonds. The number of hydrogen-bond donors (Lipinski definition) is 2. The van der Waals surface area contributed by atoms with E-state index in [-0.39, 0.29) is 12.0 Å². The van der Waals surface area contributed by atoms with E-state index in [0.717, 1.165) is 11.8 Å². The fourth-order valence-electron chi connectivity index (χ4n) is 1.53. The van der Waals surface area contributed by atoms with Crippen LogP contribution in [-0.2, 0) is 4.79 Å². The molecule has 0 bridgehead atoms. The topological polar surface area (TPSA) is 54.0 Å². The smallest absolute Gasteiger partial charge is 0.126 e. The quantitative estimate of drug-likeness (QED) is 0.626. The first kappa shape index (κ1) is 8.34. The van der Waals surface area contributed by atoms with Crippen molar-refractivity contribution in [3.8, 4) is 0 Å². The fourth-order valence-corrected chi connectivity index (χ4v) is 1.53. The largest absolute Gasteiger partial charge is 0.303 e. The maximum atomic E-state index is 10.7. The van der Waals surface area contributed by atoms with E-state index in [1.165, 1.54) is 0 Å². The van der Waals surface area contributed by atoms with Crippen molar-refractivity contribution in [3.63, 3.8) is 0 Å². The van der Waals surface area contributed by atoms with Gasteiger partial charge in [0.05, 0.1) is 6.04 Å². The van der Waals surface area contributed by atoms with Crippen LogP contribution >= 0.6 is 0 Å². The van der Waals surface area contributed by atoms with Gasteiger partial charge in [0, 0.05) is 24.9 Å². The molecule has 1 fully saturated rings. The minimum Gasteiger partial charge on any atom is -0.303 e. The lowest BCUT2D eigenvalue weighted by Gasteiger charge is -2.12. The number of pyridine rings is 1. The van der Waals surface area contributed by atoms with E-state index < -0.39 is 0 Å². The maximum absolute atomic E-state index is 10.7. The molecular weight excluding hydrogens is 166 g/mol. The van der Waals surface area contributed by atoms with Crippen molar-refractivity contribution in [2.45, 2.75) is 6.04 Å². The summed E-state index contributed by atoms with van der Waals surface area (Å²) in [6.45, 7) is 0.684. The summed E-state index contributed by atoms with van der Waals surface area (Å²) >= 11 is 0. The lowest BCUT2D eigenvalue weighted by molar-refractivity contribution is -0.111. The van der Waals surface area contributed by atoms with E-state index in [2.05, 4.69) is 15.8 Å². The molecule has 0 aliphatic carbocycles. The Kier molecular flexibility index (Phi) is 2.33. The fraction of sp³-hybridized carbons (Fsp3) is 0.333. The standard InChI is InChI=1S/C9H11N3O/c13-6-8-5-11-12-9(8)7-2-1-3-10-4-7/h1-4,6,8-9,11-12H,5H2. The number of nitrogens with zero attached hydrogens (tertiary/aromatic N) is 1. The first-order valence-corrected chi connectivity index (χ1v) is 4.25. The van der Waals surface area contributed by atoms with Crippen molar-refractivity contribution in [1.29, 1.82) is 0 Å². The molecule has 0 radical (unpaired) electrons. The van der Waals surface area contributed by atoms with E-state index in [9.17, 15) is 4.79 Å². The van der Waals surface area contributed by atoms with Gasteiger partial charge < -0.3 is 4.79 Å². The molecule has 1 aliphatic heterocycles. The van der Waals surface area contributed by atoms with Crippen LogP contribution in [0.5, 0.6) is 0 Å². The van der Waals surface area contributed by atoms with E-state index in [4.69, 9.17) is 0 Å². The summed E-state index contributed by atoms with van der Waals surface area (Å²) in [7, 11) is 0. The Morgan fingerprint density at radius 2 is 2.54 bits per heavy atom. The van der Waals surface area contributed by atoms with Gasteiger partial charge in [-0.1, -0.05) is 6.07 Å². The molecule has 4 heteroatoms. The Labute approximate surface area is 76.3 Å². The van der Waals surface area contributed by atoms with Crippen LogP contribution in [0, 0.1) is 5.92 Å². The first-order chi connectivity index (χ1) is 6.42. The van der Waals surface area contributed by atoms with Crippen LogP contribution in [0.25, 0.3) is 0 Å². The van der Waals surface area contributed by atoms with Crippen molar-refractivity contribution in [2.24, 2.45) is 5.92 Å². The summed E-state index contributed by atoms with van der Waals surface area (Å²) in [5, 5.41) is 0. The zero-order valence-electron chi connectivity index (χ0n) is 7.10. The number of carbonyl (C=O) groups excluding carboxylic acids is 1. The van der Waals surface area contributed by atoms with Crippen molar-refractivity contribution in [2.75, 3.05) is 6.54 Å². The van der Waals surface area contributed by atoms with Crippen LogP contribution in [0.2, 0.25) is 0 Å². The highest BCUT2D eigenvalue weighted by Gasteiger charge is 2.27. The van der Waals surface area contributed by atoms with Gasteiger partial charge in [-0.25, -0.2) is 5.43 Å². The third-order valence-electron chi connectivity index (χ3n) is 2.24. The molecule has 2 heterocycles. The number of nitrogens with one attached hydrogen (secondary N) is 2. The van der Waals surface area contributed by atoms with Crippen LogP contribution in [0.3, 0.4) is 0 Å². The summed E-state index contributed by atoms with van der Waals surface area (Å²) in [6.07, 6.45) is 4.48. The van der Waals surface area contributed by atoms with Crippen LogP contribution in [-0.4, -0.2) is 17.8 Å². The van der Waals surface area contributed by atoms with E-state index in [0.29, 0.717) is 6.54 Å². The lowest BCUT2D eigenvalue weighted by atomic mass is 9.98. The Bertz CT molecular complexity index is 288. The molecule has 2 unspecified atom stereocenters. The Hall–Kier alpha value is -1.26. The molecule has 1 saturated heterocycles. The molecule has 1 aromatic rings. The molecule has 2 rings (SSSR count). The van der Waals surface area contributed by atoms with E-state index in [1.807, 2.05) is 12.1 Å². The number of hydrazine groups is 1. The van der Waals surface area contributed by atoms with Gasteiger partial charge in [0.2, 0.25) is 0 Å². The molecule has 0 saturated carbocycles. The van der Waals surface area contributed by atoms with Gasteiger partial charge in [0.15, 0.2) is 0 Å². The van der Waals surface area contributed by atoms with E-state index in [1.54, 1.807) is 12.4 Å². The van der Waals surface area contributed by atoms with Crippen LogP contribution in [0.4, 0.5) is 0 Å². The predicted octanol–water partition coefficient (Wildman–Crippen LogP) is 0.0456. The van der Waals surface area contributed by atoms with Crippen LogP contribution in [0.1, 0.15) is 11.6 Å². The monoisotopic (exact) mass is 177 g/mol. The number of rotatable bonds is 2. The normalized spacial score (nSPS) is 27.4. The molecule has 2 N–H and O–H groups in total. The Morgan fingerprint density at radius 3 is 3.23 bits per heavy atom. The molecule has 2 atom stereocenters. The molecule has 0 spiro atoms. The number of aromatic nitrogens is 1. The summed E-state index contributed by atoms with van der Waals surface area (Å²) in [6, 6.07) is 3.90. The Morgan fingerprint density at radius 1 is 1.62 bits per heavy atom. The highest BCUT2D eigenvalue weighted by Crippen LogP contribution is 2.21. The van der Waals surface area contributed by atoms with Crippen LogP contribution in [0.15, 0.2) is 24.5 Å². The highest BCUT2D eigenvalue weighted by atomic mass is 16.1. The first-order valence-electron chi connectivity index (χ1n) is 4.25. The minimum absolute atomic E-state index is 0.00389. The summed E-state index contributed by atoms with van der Waals surface area (Å²) in [5.41, 5.74) is 7.06. The van der Waals surface area contributed by atoms with Crippen molar-refractivity contribution in [1.82, 2.24) is 15.8 Å². The molecule has 1 aromatic heterocycles. The molecule has 1 aliphatic rings. The Balaban J connectivity index is 2.21. The summed E-state index contributed by atoms with van der Waals surface area (Å²) < 4.78 is 0. The summed E-state index contributed by atoms with van der Waals surface area (Å²) in [4.78, 5) is 14.7. The van der Waals surface area contributed by atoms with Gasteiger partial charge in [-0.3, -0.25) is 10.4 Å². The number of aldehydes is 1. The van der Waals surface area contributed by atoms with Gasteiger partial charge in [-0.15, -0.1) is 0 Å². The van der Waals surface area contributed by atoms with Gasteiger partial charge in [-0.2, -0.15) is 0 Å². The highest BCUT2D eigenvalue weighted by molar-refractivity contribution is 5.56. The average molecular weight is 177 g/mol. The van der Waals surface area contributed by atoms with Crippen molar-refractivity contribution >= 4 is 6.29 Å². The molecular formula is C9H11N3O. The number of hydrogen-bond acceptors (Lipinski definition) is 4. The molecule has 68 valence electrons. The third kappa shape index (κ3) is 1.59. The predicted molar refractivity (Wildman–Crippen MR) is 47.7 cm³/mol. The zero-order valence-corrected chi connectivity index (χ0v) is 7.10. The molecule has 13 heavy (non-hydrogen) atoms. The van der Waals surface area contributed by atoms with Crippen LogP contribution < -0.4 is 10.9 Å². The lowest BCUT2D eigenvalue weighted by Crippen LogP contribution is -2.25. The molecule has 4 nitrogen and oxygen atoms in total. The van der Waals surface area contributed by atoms with Gasteiger partial charge in [0.25, 0.3) is 0 Å². The van der Waals surface area contributed by atoms with E-state index >= 15 is 0 Å². The average Bonchev–Trinajstić information content (AvgIpc) is 2.67. The molecule has 0 aromatic carbocycles. The van der Waals surface area contributed by atoms with Crippen molar-refractivity contribution < 1.29 is 4.79 Å². The summed E-state index contributed by atoms with van der Waals surface area (Å²) in [5.74, 6) is 0.00389. The van der Waals surface area contributed by atoms with Gasteiger partial charge >= 0.3 is 0 Å². The minimum atomic E-state index is 0.00389. The SMILES string of the molecule is O=CC1CNNC1c1cccnc1. The second-order valence-electron chi connectivity index (χ2n) is 3.09. The second-order valence-corrected chi connectivity index (χ2v) is 3.09. The second kappa shape index (κ2) is 3.64. The van der Waals surface area contributed by atoms with Crippen molar-refractivity contribution in [3.05, 3.63) is 30.1 Å². The zero-order chi connectivity index (χ0) is 9.10. The van der Waals surface area contributed by atoms with Gasteiger partial charge in [0.1, 0.15) is 6.29 Å². The van der Waals surface area contributed by atoms with Gasteiger partial charge in [-0.05, 0) is 11.6 Å². The number of carbonyl (C=O) groups is 1. The maximum Gasteiger partial charge on any atom is 0.126 e. The third-order valence-corrected chi connectivity index (χ3v) is 2.24.